The normalized spacial score (nSPS) is 25.5. The van der Waals surface area contributed by atoms with Crippen LogP contribution in [0.4, 0.5) is 0 Å². The van der Waals surface area contributed by atoms with Crippen molar-refractivity contribution in [2.45, 2.75) is 31.5 Å². The highest BCUT2D eigenvalue weighted by Gasteiger charge is 2.45. The third-order valence-corrected chi connectivity index (χ3v) is 6.40. The topological polar surface area (TPSA) is 108 Å². The molecule has 8 nitrogen and oxygen atoms in total. The van der Waals surface area contributed by atoms with Crippen LogP contribution in [0.25, 0.3) is 0 Å². The summed E-state index contributed by atoms with van der Waals surface area (Å²) < 4.78 is 0. The van der Waals surface area contributed by atoms with E-state index in [0.717, 1.165) is 35.1 Å². The number of nitrogens with one attached hydrogen (secondary N) is 3. The lowest BCUT2D eigenvalue weighted by Crippen LogP contribution is -2.54. The number of amides is 4. The molecular formula is C19H22N4O4S. The van der Waals surface area contributed by atoms with Crippen LogP contribution in [0.5, 0.6) is 0 Å². The highest BCUT2D eigenvalue weighted by atomic mass is 32.2. The van der Waals surface area contributed by atoms with Gasteiger partial charge < -0.3 is 10.6 Å². The number of hydrogen-bond donors (Lipinski definition) is 3. The van der Waals surface area contributed by atoms with E-state index in [2.05, 4.69) is 16.0 Å². The highest BCUT2D eigenvalue weighted by Crippen LogP contribution is 2.30. The Morgan fingerprint density at radius 3 is 2.86 bits per heavy atom. The minimum atomic E-state index is -0.937. The van der Waals surface area contributed by atoms with Crippen LogP contribution >= 0.6 is 11.8 Å². The van der Waals surface area contributed by atoms with Crippen LogP contribution in [-0.4, -0.2) is 65.2 Å². The Bertz CT molecular complexity index is 835. The van der Waals surface area contributed by atoms with E-state index in [1.807, 2.05) is 17.8 Å². The zero-order valence-electron chi connectivity index (χ0n) is 15.3. The summed E-state index contributed by atoms with van der Waals surface area (Å²) in [6.07, 6.45) is 0.277. The Labute approximate surface area is 166 Å². The lowest BCUT2D eigenvalue weighted by atomic mass is 10.0. The average molecular weight is 402 g/mol. The molecule has 148 valence electrons. The number of fused-ring (bicyclic) bond motifs is 1. The molecule has 0 radical (unpaired) electrons. The van der Waals surface area contributed by atoms with Gasteiger partial charge in [-0.2, -0.15) is 11.8 Å². The van der Waals surface area contributed by atoms with Crippen LogP contribution in [0, 0.1) is 0 Å². The van der Waals surface area contributed by atoms with Crippen LogP contribution in [0.1, 0.15) is 39.1 Å². The Kier molecular flexibility index (Phi) is 5.47. The zero-order chi connectivity index (χ0) is 19.7. The van der Waals surface area contributed by atoms with Gasteiger partial charge in [-0.1, -0.05) is 12.1 Å². The summed E-state index contributed by atoms with van der Waals surface area (Å²) in [6, 6.07) is 4.56. The first-order chi connectivity index (χ1) is 13.6. The van der Waals surface area contributed by atoms with Gasteiger partial charge in [-0.05, 0) is 18.1 Å². The Morgan fingerprint density at radius 1 is 1.18 bits per heavy atom. The highest BCUT2D eigenvalue weighted by molar-refractivity contribution is 7.99. The van der Waals surface area contributed by atoms with Gasteiger partial charge in [0.15, 0.2) is 0 Å². The maximum Gasteiger partial charge on any atom is 0.262 e. The third-order valence-electron chi connectivity index (χ3n) is 5.27. The van der Waals surface area contributed by atoms with Gasteiger partial charge >= 0.3 is 0 Å². The van der Waals surface area contributed by atoms with Crippen LogP contribution in [-0.2, 0) is 16.1 Å². The first-order valence-corrected chi connectivity index (χ1v) is 10.6. The number of rotatable bonds is 4. The summed E-state index contributed by atoms with van der Waals surface area (Å²) in [4.78, 5) is 50.5. The third kappa shape index (κ3) is 3.57. The molecule has 0 bridgehead atoms. The monoisotopic (exact) mass is 402 g/mol. The average Bonchev–Trinajstić information content (AvgIpc) is 2.85. The fraction of sp³-hybridized carbons (Fsp3) is 0.474. The van der Waals surface area contributed by atoms with Crippen LogP contribution in [0.2, 0.25) is 0 Å². The molecule has 4 rings (SSSR count). The lowest BCUT2D eigenvalue weighted by Gasteiger charge is -2.27. The molecule has 2 saturated heterocycles. The Balaban J connectivity index is 1.54. The molecule has 0 saturated carbocycles. The molecule has 28 heavy (non-hydrogen) atoms. The van der Waals surface area contributed by atoms with E-state index in [0.29, 0.717) is 17.7 Å². The van der Waals surface area contributed by atoms with E-state index in [9.17, 15) is 19.2 Å². The van der Waals surface area contributed by atoms with Crippen molar-refractivity contribution in [3.05, 3.63) is 34.9 Å². The summed E-state index contributed by atoms with van der Waals surface area (Å²) in [6.45, 7) is 2.31. The lowest BCUT2D eigenvalue weighted by molar-refractivity contribution is -0.136. The maximum atomic E-state index is 13.1. The predicted octanol–water partition coefficient (Wildman–Crippen LogP) is -0.118. The van der Waals surface area contributed by atoms with Gasteiger partial charge in [0.25, 0.3) is 11.8 Å². The summed E-state index contributed by atoms with van der Waals surface area (Å²) in [5.41, 5.74) is 1.43. The molecule has 3 aliphatic heterocycles. The second kappa shape index (κ2) is 8.02. The zero-order valence-corrected chi connectivity index (χ0v) is 16.1. The number of thioether (sulfide) groups is 1. The maximum absolute atomic E-state index is 13.1. The van der Waals surface area contributed by atoms with Crippen molar-refractivity contribution in [3.8, 4) is 0 Å². The number of carbonyl (C=O) groups excluding carboxylic acids is 4. The molecule has 3 N–H and O–H groups in total. The standard InChI is InChI=1S/C19H22N4O4S/c24-15-5-4-14(17(25)22-15)23-18(26)13-3-1-2-11(16(13)19(23)27)8-21-12-9-20-6-7-28-10-12/h1-3,12,14,20-21H,4-10H2,(H,22,24,25). The number of benzene rings is 1. The van der Waals surface area contributed by atoms with Crippen molar-refractivity contribution < 1.29 is 19.2 Å². The second-order valence-corrected chi connectivity index (χ2v) is 8.29. The van der Waals surface area contributed by atoms with E-state index < -0.39 is 23.8 Å². The number of piperidine rings is 1. The van der Waals surface area contributed by atoms with Gasteiger partial charge in [-0.3, -0.25) is 29.4 Å². The summed E-state index contributed by atoms with van der Waals surface area (Å²) in [5, 5.41) is 9.06. The van der Waals surface area contributed by atoms with Crippen molar-refractivity contribution in [1.29, 1.82) is 0 Å². The smallest absolute Gasteiger partial charge is 0.262 e. The van der Waals surface area contributed by atoms with Crippen LogP contribution < -0.4 is 16.0 Å². The number of nitrogens with zero attached hydrogens (tertiary/aromatic N) is 1. The molecule has 4 amide bonds. The van der Waals surface area contributed by atoms with Crippen molar-refractivity contribution in [3.63, 3.8) is 0 Å². The number of carbonyl (C=O) groups is 4. The molecule has 3 heterocycles. The molecular weight excluding hydrogens is 380 g/mol. The number of imide groups is 2. The molecule has 1 aromatic carbocycles. The van der Waals surface area contributed by atoms with Crippen molar-refractivity contribution in [2.75, 3.05) is 24.6 Å². The summed E-state index contributed by atoms with van der Waals surface area (Å²) in [5.74, 6) is 0.164. The first kappa shape index (κ1) is 19.1. The predicted molar refractivity (Wildman–Crippen MR) is 104 cm³/mol. The molecule has 9 heteroatoms. The van der Waals surface area contributed by atoms with Gasteiger partial charge in [-0.15, -0.1) is 0 Å². The molecule has 2 fully saturated rings. The van der Waals surface area contributed by atoms with E-state index in [1.165, 1.54) is 0 Å². The minimum absolute atomic E-state index is 0.116. The van der Waals surface area contributed by atoms with Gasteiger partial charge in [0, 0.05) is 43.6 Å². The van der Waals surface area contributed by atoms with Crippen LogP contribution in [0.15, 0.2) is 18.2 Å². The van der Waals surface area contributed by atoms with E-state index in [-0.39, 0.29) is 24.8 Å². The quantitative estimate of drug-likeness (QED) is 0.603. The molecule has 1 aromatic rings. The van der Waals surface area contributed by atoms with Crippen molar-refractivity contribution in [1.82, 2.24) is 20.9 Å². The fourth-order valence-corrected chi connectivity index (χ4v) is 4.80. The van der Waals surface area contributed by atoms with Crippen molar-refractivity contribution >= 4 is 35.4 Å². The second-order valence-electron chi connectivity index (χ2n) is 7.14. The molecule has 0 spiro atoms. The van der Waals surface area contributed by atoms with Gasteiger partial charge in [0.2, 0.25) is 11.8 Å². The van der Waals surface area contributed by atoms with E-state index in [4.69, 9.17) is 0 Å². The summed E-state index contributed by atoms with van der Waals surface area (Å²) in [7, 11) is 0. The molecule has 3 aliphatic rings. The van der Waals surface area contributed by atoms with Gasteiger partial charge in [-0.25, -0.2) is 0 Å². The molecule has 2 unspecified atom stereocenters. The fourth-order valence-electron chi connectivity index (χ4n) is 3.82. The molecule has 0 aromatic heterocycles. The first-order valence-electron chi connectivity index (χ1n) is 9.41. The van der Waals surface area contributed by atoms with Gasteiger partial charge in [0.05, 0.1) is 11.1 Å². The SMILES string of the molecule is O=C1CCC(N2C(=O)c3cccc(CNC4CNCCSC4)c3C2=O)C(=O)N1. The van der Waals surface area contributed by atoms with Crippen LogP contribution in [0.3, 0.4) is 0 Å². The number of hydrogen-bond acceptors (Lipinski definition) is 7. The molecule has 0 aliphatic carbocycles. The molecule has 2 atom stereocenters. The Hall–Kier alpha value is -2.23. The van der Waals surface area contributed by atoms with E-state index >= 15 is 0 Å². The van der Waals surface area contributed by atoms with Crippen molar-refractivity contribution in [2.24, 2.45) is 0 Å². The minimum Gasteiger partial charge on any atom is -0.314 e. The summed E-state index contributed by atoms with van der Waals surface area (Å²) >= 11 is 1.88. The largest absolute Gasteiger partial charge is 0.314 e. The van der Waals surface area contributed by atoms with E-state index in [1.54, 1.807) is 12.1 Å². The Morgan fingerprint density at radius 2 is 2.04 bits per heavy atom. The van der Waals surface area contributed by atoms with Gasteiger partial charge in [0.1, 0.15) is 6.04 Å².